The average Bonchev–Trinajstić information content (AvgIpc) is 0.841. The van der Waals surface area contributed by atoms with E-state index in [4.69, 9.17) is 0 Å². The summed E-state index contributed by atoms with van der Waals surface area (Å²) in [6, 6.07) is -14.3. The Hall–Kier alpha value is -5.91. The van der Waals surface area contributed by atoms with E-state index in [1.165, 1.54) is 82.8 Å². The van der Waals surface area contributed by atoms with E-state index in [1.807, 2.05) is 55.4 Å². The molecule has 1 aliphatic heterocycles. The Morgan fingerprint density at radius 1 is 0.389 bits per heavy atom. The fourth-order valence-electron chi connectivity index (χ4n) is 11.8. The molecule has 0 unspecified atom stereocenters. The molecule has 11 amide bonds. The standard InChI is InChI=1S/C66H121N11O13/c1-25-27-28-29-30-31-43(15)55(79)54-59(83)69-46(26-2)61(85)75(22)51(36-78)64(88)71(18)48(33-38(5)6)58(82)70-52(41(11)12)65(89)72(19)47(32-37(3)4)57(81)67-44(16)56(80)68-45(17)60(84)73(20)49(34-39(7)8)62(86)74(21)50(35-40(9)10)63(87)76(23)53(42(13)14)66(90)77(54)24/h37-55,78-79H,25-36H2,1-24H3,(H,67,81)(H,68,80)(H,69,83)(H,70,82)/t43-,44+,45-,46+,47+,48+,49+,50+,51-,52+,53+,54+,55-/m1/s1. The fraction of sp³-hybridized carbons (Fsp3) is 0.833. The summed E-state index contributed by atoms with van der Waals surface area (Å²) in [4.78, 5) is 170. The molecule has 0 aromatic carbocycles. The first-order valence-corrected chi connectivity index (χ1v) is 33.1. The first kappa shape index (κ1) is 82.1. The van der Waals surface area contributed by atoms with Gasteiger partial charge in [-0.3, -0.25) is 52.7 Å². The van der Waals surface area contributed by atoms with E-state index in [0.717, 1.165) is 40.4 Å². The van der Waals surface area contributed by atoms with Crippen LogP contribution in [0.2, 0.25) is 0 Å². The minimum Gasteiger partial charge on any atom is -0.394 e. The monoisotopic (exact) mass is 1280 g/mol. The Labute approximate surface area is 539 Å². The third-order valence-electron chi connectivity index (χ3n) is 17.6. The van der Waals surface area contributed by atoms with E-state index in [0.29, 0.717) is 12.8 Å². The van der Waals surface area contributed by atoms with Gasteiger partial charge < -0.3 is 65.8 Å². The molecule has 13 atom stereocenters. The van der Waals surface area contributed by atoms with Crippen molar-refractivity contribution in [2.45, 2.75) is 261 Å². The number of nitrogens with one attached hydrogen (secondary N) is 4. The molecule has 518 valence electrons. The van der Waals surface area contributed by atoms with Crippen molar-refractivity contribution in [3.05, 3.63) is 0 Å². The SMILES string of the molecule is CCCCCCC[C@@H](C)[C@@H](O)[C@H]1C(=O)N[C@@H](CC)C(=O)N(C)[C@H](CO)C(=O)N(C)[C@@H](CC(C)C)C(=O)N[C@@H](C(C)C)C(=O)N(C)[C@@H](CC(C)C)C(=O)N[C@@H](C)C(=O)N[C@H](C)C(=O)N(C)[C@@H](CC(C)C)C(=O)N(C)[C@@H](CC(C)C)C(=O)N(C)[C@@H](C(C)C)C(=O)N1C. The van der Waals surface area contributed by atoms with Gasteiger partial charge >= 0.3 is 0 Å². The third-order valence-corrected chi connectivity index (χ3v) is 17.6. The van der Waals surface area contributed by atoms with Crippen LogP contribution in [0.5, 0.6) is 0 Å². The number of unbranched alkanes of at least 4 members (excludes halogenated alkanes) is 4. The fourth-order valence-corrected chi connectivity index (χ4v) is 11.8. The normalized spacial score (nSPS) is 26.8. The van der Waals surface area contributed by atoms with Gasteiger partial charge in [0, 0.05) is 49.3 Å². The van der Waals surface area contributed by atoms with Gasteiger partial charge in [0.15, 0.2) is 0 Å². The molecule has 1 heterocycles. The summed E-state index contributed by atoms with van der Waals surface area (Å²) in [6.07, 6.45) is 4.02. The molecule has 1 rings (SSSR count). The summed E-state index contributed by atoms with van der Waals surface area (Å²) in [6.45, 7) is 29.2. The van der Waals surface area contributed by atoms with Gasteiger partial charge in [-0.2, -0.15) is 0 Å². The van der Waals surface area contributed by atoms with Crippen LogP contribution in [0.15, 0.2) is 0 Å². The molecule has 24 heteroatoms. The van der Waals surface area contributed by atoms with Crippen molar-refractivity contribution >= 4 is 65.0 Å². The Kier molecular flexibility index (Phi) is 34.8. The lowest BCUT2D eigenvalue weighted by molar-refractivity contribution is -0.157. The Balaban J connectivity index is 4.42. The molecule has 0 bridgehead atoms. The largest absolute Gasteiger partial charge is 0.394 e. The molecule has 1 fully saturated rings. The van der Waals surface area contributed by atoms with Crippen molar-refractivity contribution in [1.29, 1.82) is 0 Å². The zero-order chi connectivity index (χ0) is 69.7. The van der Waals surface area contributed by atoms with E-state index >= 15 is 19.2 Å². The second-order valence-electron chi connectivity index (χ2n) is 27.9. The summed E-state index contributed by atoms with van der Waals surface area (Å²) >= 11 is 0. The molecule has 24 nitrogen and oxygen atoms in total. The van der Waals surface area contributed by atoms with Gasteiger partial charge in [0.25, 0.3) is 0 Å². The summed E-state index contributed by atoms with van der Waals surface area (Å²) in [5.74, 6) is -10.3. The van der Waals surface area contributed by atoms with Crippen molar-refractivity contribution in [2.24, 2.45) is 41.4 Å². The lowest BCUT2D eigenvalue weighted by Crippen LogP contribution is -2.64. The minimum atomic E-state index is -1.63. The zero-order valence-electron chi connectivity index (χ0n) is 59.5. The van der Waals surface area contributed by atoms with Crippen molar-refractivity contribution in [3.63, 3.8) is 0 Å². The highest BCUT2D eigenvalue weighted by Crippen LogP contribution is 2.27. The van der Waals surface area contributed by atoms with Gasteiger partial charge in [-0.1, -0.05) is 136 Å². The highest BCUT2D eigenvalue weighted by Gasteiger charge is 2.46. The van der Waals surface area contributed by atoms with Crippen LogP contribution < -0.4 is 21.3 Å². The first-order chi connectivity index (χ1) is 41.7. The number of hydrogen-bond donors (Lipinski definition) is 6. The molecule has 6 N–H and O–H groups in total. The molecule has 90 heavy (non-hydrogen) atoms. The number of aliphatic hydroxyl groups excluding tert-OH is 2. The molecule has 0 aromatic rings. The predicted molar refractivity (Wildman–Crippen MR) is 348 cm³/mol. The number of amides is 11. The molecule has 0 saturated carbocycles. The minimum absolute atomic E-state index is 0.0495. The number of nitrogens with zero attached hydrogens (tertiary/aromatic N) is 7. The van der Waals surface area contributed by atoms with E-state index < -0.39 is 162 Å². The van der Waals surface area contributed by atoms with Crippen molar-refractivity contribution in [1.82, 2.24) is 55.6 Å². The van der Waals surface area contributed by atoms with Gasteiger partial charge in [-0.15, -0.1) is 0 Å². The number of aliphatic hydroxyl groups is 2. The van der Waals surface area contributed by atoms with E-state index in [9.17, 15) is 43.8 Å². The first-order valence-electron chi connectivity index (χ1n) is 33.1. The van der Waals surface area contributed by atoms with Crippen molar-refractivity contribution in [2.75, 3.05) is 55.9 Å². The van der Waals surface area contributed by atoms with Crippen LogP contribution in [0.25, 0.3) is 0 Å². The van der Waals surface area contributed by atoms with Crippen molar-refractivity contribution in [3.8, 4) is 0 Å². The van der Waals surface area contributed by atoms with Crippen molar-refractivity contribution < 1.29 is 63.0 Å². The topological polar surface area (TPSA) is 299 Å². The molecule has 0 radical (unpaired) electrons. The summed E-state index contributed by atoms with van der Waals surface area (Å²) in [5.41, 5.74) is 0. The molecule has 1 aliphatic rings. The molecule has 0 aromatic heterocycles. The molecular weight excluding hydrogens is 1150 g/mol. The number of carbonyl (C=O) groups excluding carboxylic acids is 11. The number of likely N-dealkylation sites (N-methyl/N-ethyl adjacent to an activating group) is 7. The van der Waals surface area contributed by atoms with E-state index in [2.05, 4.69) is 28.2 Å². The molecule has 0 aliphatic carbocycles. The predicted octanol–water partition coefficient (Wildman–Crippen LogP) is 4.02. The lowest BCUT2D eigenvalue weighted by Gasteiger charge is -2.41. The summed E-state index contributed by atoms with van der Waals surface area (Å²) in [7, 11) is 9.74. The number of rotatable bonds is 20. The van der Waals surface area contributed by atoms with Crippen LogP contribution in [0, 0.1) is 41.4 Å². The molecular formula is C66H121N11O13. The van der Waals surface area contributed by atoms with Crippen LogP contribution in [-0.4, -0.2) is 238 Å². The van der Waals surface area contributed by atoms with Crippen LogP contribution in [0.1, 0.15) is 188 Å². The van der Waals surface area contributed by atoms with Gasteiger partial charge in [0.2, 0.25) is 65.0 Å². The summed E-state index contributed by atoms with van der Waals surface area (Å²) in [5, 5.41) is 34.2. The lowest BCUT2D eigenvalue weighted by atomic mass is 9.90. The third kappa shape index (κ3) is 23.0. The average molecular weight is 1280 g/mol. The van der Waals surface area contributed by atoms with Gasteiger partial charge in [0.1, 0.15) is 66.5 Å². The van der Waals surface area contributed by atoms with Crippen LogP contribution in [-0.2, 0) is 52.7 Å². The smallest absolute Gasteiger partial charge is 0.248 e. The van der Waals surface area contributed by atoms with E-state index in [1.54, 1.807) is 41.5 Å². The molecule has 1 saturated heterocycles. The van der Waals surface area contributed by atoms with Gasteiger partial charge in [0.05, 0.1) is 12.7 Å². The quantitative estimate of drug-likeness (QED) is 0.0941. The highest BCUT2D eigenvalue weighted by atomic mass is 16.3. The number of carbonyl (C=O) groups is 11. The van der Waals surface area contributed by atoms with Crippen LogP contribution >= 0.6 is 0 Å². The maximum atomic E-state index is 15.3. The maximum absolute atomic E-state index is 15.3. The van der Waals surface area contributed by atoms with Gasteiger partial charge in [-0.25, -0.2) is 0 Å². The summed E-state index contributed by atoms with van der Waals surface area (Å²) < 4.78 is 0. The zero-order valence-corrected chi connectivity index (χ0v) is 59.5. The maximum Gasteiger partial charge on any atom is 0.248 e. The highest BCUT2D eigenvalue weighted by molar-refractivity contribution is 6.00. The number of hydrogen-bond acceptors (Lipinski definition) is 13. The Morgan fingerprint density at radius 3 is 1.22 bits per heavy atom. The second kappa shape index (κ2) is 38.2. The van der Waals surface area contributed by atoms with Crippen LogP contribution in [0.3, 0.4) is 0 Å². The van der Waals surface area contributed by atoms with E-state index in [-0.39, 0.29) is 55.8 Å². The Morgan fingerprint density at radius 2 is 0.778 bits per heavy atom. The Bertz CT molecular complexity index is 2390. The van der Waals surface area contributed by atoms with Crippen LogP contribution in [0.4, 0.5) is 0 Å². The second-order valence-corrected chi connectivity index (χ2v) is 27.9. The van der Waals surface area contributed by atoms with Gasteiger partial charge in [-0.05, 0) is 93.8 Å². The molecule has 0 spiro atoms.